The van der Waals surface area contributed by atoms with Crippen molar-refractivity contribution in [1.29, 1.82) is 0 Å². The van der Waals surface area contributed by atoms with E-state index in [-0.39, 0.29) is 23.7 Å². The number of amides is 1. The molecule has 1 fully saturated rings. The molecule has 0 radical (unpaired) electrons. The van der Waals surface area contributed by atoms with Crippen LogP contribution in [0.15, 0.2) is 48.5 Å². The van der Waals surface area contributed by atoms with Gasteiger partial charge in [-0.3, -0.25) is 14.5 Å². The standard InChI is InChI=1S/C26H32N2O4/c1-3-27(4-2)26(30)24(19-8-6-5-7-9-19)28-14-12-20(13-15-28)25(29)21-10-11-22-23(18-21)32-17-16-31-22/h5-11,18,20,24H,3-4,12-17H2,1-2H3/t24-/m0/s1. The van der Waals surface area contributed by atoms with Gasteiger partial charge in [0, 0.05) is 24.6 Å². The van der Waals surface area contributed by atoms with Crippen LogP contribution in [0.4, 0.5) is 0 Å². The third kappa shape index (κ3) is 4.65. The van der Waals surface area contributed by atoms with Gasteiger partial charge in [-0.2, -0.15) is 0 Å². The minimum atomic E-state index is -0.304. The van der Waals surface area contributed by atoms with Crippen LogP contribution in [0.1, 0.15) is 48.7 Å². The molecular formula is C26H32N2O4. The highest BCUT2D eigenvalue weighted by Gasteiger charge is 2.35. The van der Waals surface area contributed by atoms with Gasteiger partial charge in [0.25, 0.3) is 0 Å². The van der Waals surface area contributed by atoms with E-state index >= 15 is 0 Å². The molecule has 0 aromatic heterocycles. The van der Waals surface area contributed by atoms with E-state index in [1.165, 1.54) is 0 Å². The Morgan fingerprint density at radius 3 is 2.28 bits per heavy atom. The summed E-state index contributed by atoms with van der Waals surface area (Å²) in [6.07, 6.45) is 1.48. The third-order valence-corrected chi connectivity index (χ3v) is 6.52. The van der Waals surface area contributed by atoms with E-state index < -0.39 is 0 Å². The van der Waals surface area contributed by atoms with Crippen LogP contribution in [0.5, 0.6) is 11.5 Å². The van der Waals surface area contributed by atoms with Crippen LogP contribution < -0.4 is 9.47 Å². The number of Topliss-reactive ketones (excluding diaryl/α,β-unsaturated/α-hetero) is 1. The molecular weight excluding hydrogens is 404 g/mol. The summed E-state index contributed by atoms with van der Waals surface area (Å²) in [5, 5.41) is 0. The Morgan fingerprint density at radius 1 is 0.969 bits per heavy atom. The fourth-order valence-corrected chi connectivity index (χ4v) is 4.71. The summed E-state index contributed by atoms with van der Waals surface area (Å²) in [6.45, 7) is 7.89. The first-order chi connectivity index (χ1) is 15.6. The number of ketones is 1. The largest absolute Gasteiger partial charge is 0.486 e. The Labute approximate surface area is 190 Å². The minimum Gasteiger partial charge on any atom is -0.486 e. The van der Waals surface area contributed by atoms with Crippen LogP contribution in [-0.2, 0) is 4.79 Å². The minimum absolute atomic E-state index is 0.0474. The van der Waals surface area contributed by atoms with Gasteiger partial charge in [0.2, 0.25) is 5.91 Å². The van der Waals surface area contributed by atoms with Gasteiger partial charge in [0.05, 0.1) is 0 Å². The van der Waals surface area contributed by atoms with Gasteiger partial charge in [-0.1, -0.05) is 30.3 Å². The molecule has 32 heavy (non-hydrogen) atoms. The maximum atomic E-state index is 13.4. The number of likely N-dealkylation sites (tertiary alicyclic amines) is 1. The maximum Gasteiger partial charge on any atom is 0.244 e. The first-order valence-corrected chi connectivity index (χ1v) is 11.6. The van der Waals surface area contributed by atoms with Gasteiger partial charge in [0.15, 0.2) is 17.3 Å². The highest BCUT2D eigenvalue weighted by atomic mass is 16.6. The van der Waals surface area contributed by atoms with E-state index in [0.29, 0.717) is 56.5 Å². The predicted octanol–water partition coefficient (Wildman–Crippen LogP) is 3.96. The lowest BCUT2D eigenvalue weighted by molar-refractivity contribution is -0.137. The number of benzene rings is 2. The molecule has 0 saturated carbocycles. The molecule has 2 aromatic rings. The summed E-state index contributed by atoms with van der Waals surface area (Å²) >= 11 is 0. The van der Waals surface area contributed by atoms with Gasteiger partial charge in [-0.05, 0) is 63.5 Å². The quantitative estimate of drug-likeness (QED) is 0.615. The molecule has 1 atom stereocenters. The molecule has 2 aromatic carbocycles. The molecule has 0 aliphatic carbocycles. The van der Waals surface area contributed by atoms with Gasteiger partial charge in [-0.25, -0.2) is 0 Å². The summed E-state index contributed by atoms with van der Waals surface area (Å²) in [5.74, 6) is 1.58. The molecule has 1 amide bonds. The molecule has 4 rings (SSSR count). The molecule has 0 N–H and O–H groups in total. The average Bonchev–Trinajstić information content (AvgIpc) is 2.85. The topological polar surface area (TPSA) is 59.1 Å². The lowest BCUT2D eigenvalue weighted by Crippen LogP contribution is -2.46. The van der Waals surface area contributed by atoms with Crippen molar-refractivity contribution < 1.29 is 19.1 Å². The third-order valence-electron chi connectivity index (χ3n) is 6.52. The summed E-state index contributed by atoms with van der Waals surface area (Å²) < 4.78 is 11.2. The second kappa shape index (κ2) is 10.2. The Hall–Kier alpha value is -2.86. The van der Waals surface area contributed by atoms with Crippen LogP contribution in [0.2, 0.25) is 0 Å². The van der Waals surface area contributed by atoms with E-state index in [1.54, 1.807) is 6.07 Å². The molecule has 0 bridgehead atoms. The number of carbonyl (C=O) groups excluding carboxylic acids is 2. The van der Waals surface area contributed by atoms with Gasteiger partial charge in [-0.15, -0.1) is 0 Å². The van der Waals surface area contributed by atoms with Gasteiger partial charge < -0.3 is 14.4 Å². The Bertz CT molecular complexity index is 934. The molecule has 6 heteroatoms. The zero-order valence-corrected chi connectivity index (χ0v) is 19.0. The molecule has 0 spiro atoms. The number of hydrogen-bond acceptors (Lipinski definition) is 5. The second-order valence-corrected chi connectivity index (χ2v) is 8.36. The van der Waals surface area contributed by atoms with E-state index in [1.807, 2.05) is 61.2 Å². The molecule has 1 saturated heterocycles. The highest BCUT2D eigenvalue weighted by Crippen LogP contribution is 2.34. The second-order valence-electron chi connectivity index (χ2n) is 8.36. The van der Waals surface area contributed by atoms with Crippen molar-refractivity contribution in [2.75, 3.05) is 39.4 Å². The first-order valence-electron chi connectivity index (χ1n) is 11.6. The van der Waals surface area contributed by atoms with Crippen molar-refractivity contribution >= 4 is 11.7 Å². The van der Waals surface area contributed by atoms with Crippen LogP contribution in [0, 0.1) is 5.92 Å². The summed E-state index contributed by atoms with van der Waals surface area (Å²) in [5.41, 5.74) is 1.69. The summed E-state index contributed by atoms with van der Waals surface area (Å²) in [7, 11) is 0. The number of fused-ring (bicyclic) bond motifs is 1. The Morgan fingerprint density at radius 2 is 1.62 bits per heavy atom. The van der Waals surface area contributed by atoms with E-state index in [4.69, 9.17) is 9.47 Å². The van der Waals surface area contributed by atoms with E-state index in [0.717, 1.165) is 18.4 Å². The van der Waals surface area contributed by atoms with E-state index in [2.05, 4.69) is 4.90 Å². The SMILES string of the molecule is CCN(CC)C(=O)[C@H](c1ccccc1)N1CCC(C(=O)c2ccc3c(c2)OCCO3)CC1. The van der Waals surface area contributed by atoms with Crippen molar-refractivity contribution in [3.8, 4) is 11.5 Å². The molecule has 2 aliphatic heterocycles. The monoisotopic (exact) mass is 436 g/mol. The Balaban J connectivity index is 1.47. The van der Waals surface area contributed by atoms with Crippen molar-refractivity contribution in [2.45, 2.75) is 32.7 Å². The smallest absolute Gasteiger partial charge is 0.244 e. The summed E-state index contributed by atoms with van der Waals surface area (Å²) in [6, 6.07) is 15.1. The highest BCUT2D eigenvalue weighted by molar-refractivity contribution is 5.98. The van der Waals surface area contributed by atoms with Gasteiger partial charge >= 0.3 is 0 Å². The maximum absolute atomic E-state index is 13.4. The van der Waals surface area contributed by atoms with Crippen molar-refractivity contribution in [3.63, 3.8) is 0 Å². The summed E-state index contributed by atoms with van der Waals surface area (Å²) in [4.78, 5) is 30.7. The normalized spacial score (nSPS) is 17.6. The molecule has 0 unspecified atom stereocenters. The van der Waals surface area contributed by atoms with Crippen molar-refractivity contribution in [3.05, 3.63) is 59.7 Å². The molecule has 2 heterocycles. The van der Waals surface area contributed by atoms with E-state index in [9.17, 15) is 9.59 Å². The number of likely N-dealkylation sites (N-methyl/N-ethyl adjacent to an activating group) is 1. The average molecular weight is 437 g/mol. The molecule has 170 valence electrons. The zero-order chi connectivity index (χ0) is 22.5. The molecule has 6 nitrogen and oxygen atoms in total. The number of rotatable bonds is 7. The van der Waals surface area contributed by atoms with Crippen molar-refractivity contribution in [1.82, 2.24) is 9.80 Å². The number of nitrogens with zero attached hydrogens (tertiary/aromatic N) is 2. The number of piperidine rings is 1. The van der Waals surface area contributed by atoms with Crippen LogP contribution in [-0.4, -0.2) is 60.9 Å². The lowest BCUT2D eigenvalue weighted by Gasteiger charge is -2.38. The predicted molar refractivity (Wildman–Crippen MR) is 123 cm³/mol. The molecule has 2 aliphatic rings. The zero-order valence-electron chi connectivity index (χ0n) is 19.0. The Kier molecular flexibility index (Phi) is 7.10. The number of carbonyl (C=O) groups is 2. The van der Waals surface area contributed by atoms with Crippen LogP contribution in [0.25, 0.3) is 0 Å². The van der Waals surface area contributed by atoms with Crippen LogP contribution >= 0.6 is 0 Å². The van der Waals surface area contributed by atoms with Crippen LogP contribution in [0.3, 0.4) is 0 Å². The number of hydrogen-bond donors (Lipinski definition) is 0. The fraction of sp³-hybridized carbons (Fsp3) is 0.462. The number of ether oxygens (including phenoxy) is 2. The first kappa shape index (κ1) is 22.3. The van der Waals surface area contributed by atoms with Gasteiger partial charge in [0.1, 0.15) is 19.3 Å². The lowest BCUT2D eigenvalue weighted by atomic mass is 9.87. The fourth-order valence-electron chi connectivity index (χ4n) is 4.71. The van der Waals surface area contributed by atoms with Crippen molar-refractivity contribution in [2.24, 2.45) is 5.92 Å².